The van der Waals surface area contributed by atoms with Gasteiger partial charge in [-0.1, -0.05) is 44.4 Å². The van der Waals surface area contributed by atoms with Crippen LogP contribution in [0.15, 0.2) is 35.4 Å². The molecule has 0 amide bonds. The van der Waals surface area contributed by atoms with Crippen LogP contribution in [0.25, 0.3) is 10.9 Å². The highest BCUT2D eigenvalue weighted by atomic mass is 35.7. The summed E-state index contributed by atoms with van der Waals surface area (Å²) in [5, 5.41) is 0.702. The van der Waals surface area contributed by atoms with E-state index in [9.17, 15) is 8.42 Å². The summed E-state index contributed by atoms with van der Waals surface area (Å²) in [5.74, 6) is 0. The maximum Gasteiger partial charge on any atom is 0.263 e. The molecule has 1 heterocycles. The first kappa shape index (κ1) is 14.4. The van der Waals surface area contributed by atoms with Crippen LogP contribution in [-0.4, -0.2) is 13.0 Å². The molecule has 0 aliphatic rings. The summed E-state index contributed by atoms with van der Waals surface area (Å²) in [7, 11) is 1.80. The number of halogens is 1. The molecule has 0 aliphatic heterocycles. The summed E-state index contributed by atoms with van der Waals surface area (Å²) in [4.78, 5) is 0.209. The zero-order valence-electron chi connectivity index (χ0n) is 11.0. The molecular weight excluding hydrogens is 282 g/mol. The zero-order valence-corrected chi connectivity index (χ0v) is 12.5. The van der Waals surface area contributed by atoms with Crippen LogP contribution in [0.3, 0.4) is 0 Å². The molecule has 1 aromatic carbocycles. The quantitative estimate of drug-likeness (QED) is 0.594. The van der Waals surface area contributed by atoms with E-state index in [1.54, 1.807) is 12.3 Å². The fourth-order valence-electron chi connectivity index (χ4n) is 2.30. The maximum absolute atomic E-state index is 11.6. The van der Waals surface area contributed by atoms with Gasteiger partial charge >= 0.3 is 0 Å². The fraction of sp³-hybridized carbons (Fsp3) is 0.429. The van der Waals surface area contributed by atoms with Gasteiger partial charge in [-0.2, -0.15) is 0 Å². The predicted molar refractivity (Wildman–Crippen MR) is 79.1 cm³/mol. The zero-order chi connectivity index (χ0) is 13.9. The number of hydrogen-bond acceptors (Lipinski definition) is 2. The Balaban J connectivity index is 2.34. The minimum atomic E-state index is -3.69. The average molecular weight is 300 g/mol. The van der Waals surface area contributed by atoms with Gasteiger partial charge in [0, 0.05) is 34.3 Å². The van der Waals surface area contributed by atoms with Crippen molar-refractivity contribution in [2.45, 2.75) is 44.0 Å². The molecule has 2 rings (SSSR count). The smallest absolute Gasteiger partial charge is 0.263 e. The number of aromatic nitrogens is 1. The highest BCUT2D eigenvalue weighted by Crippen LogP contribution is 2.28. The predicted octanol–water partition coefficient (Wildman–Crippen LogP) is 4.15. The molecule has 0 unspecified atom stereocenters. The molecular formula is C14H18ClNO2S. The van der Waals surface area contributed by atoms with E-state index in [0.717, 1.165) is 24.9 Å². The SMILES string of the molecule is CCCCCCn1cc(S(=O)(=O)Cl)c2ccccc21. The van der Waals surface area contributed by atoms with Crippen molar-refractivity contribution in [3.8, 4) is 0 Å². The molecule has 0 radical (unpaired) electrons. The van der Waals surface area contributed by atoms with Crippen molar-refractivity contribution in [1.29, 1.82) is 0 Å². The van der Waals surface area contributed by atoms with Crippen molar-refractivity contribution in [3.63, 3.8) is 0 Å². The van der Waals surface area contributed by atoms with Crippen LogP contribution in [0.1, 0.15) is 32.6 Å². The second kappa shape index (κ2) is 5.97. The molecule has 5 heteroatoms. The molecule has 3 nitrogen and oxygen atoms in total. The van der Waals surface area contributed by atoms with Gasteiger partial charge in [-0.25, -0.2) is 8.42 Å². The highest BCUT2D eigenvalue weighted by molar-refractivity contribution is 8.14. The lowest BCUT2D eigenvalue weighted by Gasteiger charge is -2.04. The van der Waals surface area contributed by atoms with E-state index in [1.807, 2.05) is 22.8 Å². The largest absolute Gasteiger partial charge is 0.346 e. The number of para-hydroxylation sites is 1. The third-order valence-corrected chi connectivity index (χ3v) is 4.62. The molecule has 1 aromatic heterocycles. The van der Waals surface area contributed by atoms with Crippen molar-refractivity contribution >= 4 is 30.6 Å². The number of rotatable bonds is 6. The lowest BCUT2D eigenvalue weighted by atomic mass is 10.2. The molecule has 0 N–H and O–H groups in total. The Morgan fingerprint density at radius 3 is 2.58 bits per heavy atom. The first-order valence-electron chi connectivity index (χ1n) is 6.56. The average Bonchev–Trinajstić information content (AvgIpc) is 2.74. The van der Waals surface area contributed by atoms with Gasteiger partial charge in [0.1, 0.15) is 4.90 Å². The topological polar surface area (TPSA) is 39.1 Å². The van der Waals surface area contributed by atoms with E-state index in [-0.39, 0.29) is 4.90 Å². The van der Waals surface area contributed by atoms with E-state index in [4.69, 9.17) is 10.7 Å². The Labute approximate surface area is 118 Å². The Kier molecular flexibility index (Phi) is 4.53. The van der Waals surface area contributed by atoms with Crippen LogP contribution in [0.2, 0.25) is 0 Å². The monoisotopic (exact) mass is 299 g/mol. The maximum atomic E-state index is 11.6. The van der Waals surface area contributed by atoms with Gasteiger partial charge in [0.2, 0.25) is 0 Å². The summed E-state index contributed by atoms with van der Waals surface area (Å²) >= 11 is 0. The Bertz CT molecular complexity index is 661. The van der Waals surface area contributed by atoms with Gasteiger partial charge in [-0.3, -0.25) is 0 Å². The van der Waals surface area contributed by atoms with Crippen molar-refractivity contribution in [2.24, 2.45) is 0 Å². The van der Waals surface area contributed by atoms with E-state index in [1.165, 1.54) is 12.8 Å². The van der Waals surface area contributed by atoms with E-state index < -0.39 is 9.05 Å². The van der Waals surface area contributed by atoms with Crippen molar-refractivity contribution in [1.82, 2.24) is 4.57 Å². The summed E-state index contributed by atoms with van der Waals surface area (Å²) in [6.07, 6.45) is 6.26. The Hall–Kier alpha value is -1.00. The van der Waals surface area contributed by atoms with E-state index in [2.05, 4.69) is 6.92 Å². The van der Waals surface area contributed by atoms with Crippen molar-refractivity contribution in [3.05, 3.63) is 30.5 Å². The molecule has 0 atom stereocenters. The van der Waals surface area contributed by atoms with Crippen molar-refractivity contribution in [2.75, 3.05) is 0 Å². The number of aryl methyl sites for hydroxylation is 1. The Morgan fingerprint density at radius 2 is 1.89 bits per heavy atom. The normalized spacial score (nSPS) is 12.1. The van der Waals surface area contributed by atoms with Crippen LogP contribution >= 0.6 is 10.7 Å². The lowest BCUT2D eigenvalue weighted by molar-refractivity contribution is 0.589. The van der Waals surface area contributed by atoms with Crippen molar-refractivity contribution < 1.29 is 8.42 Å². The summed E-state index contributed by atoms with van der Waals surface area (Å²) < 4.78 is 25.2. The molecule has 104 valence electrons. The van der Waals surface area contributed by atoms with Gasteiger partial charge in [0.05, 0.1) is 0 Å². The molecule has 0 saturated carbocycles. The fourth-order valence-corrected chi connectivity index (χ4v) is 3.36. The minimum absolute atomic E-state index is 0.209. The van der Waals surface area contributed by atoms with Crippen LogP contribution in [-0.2, 0) is 15.6 Å². The van der Waals surface area contributed by atoms with Gasteiger partial charge < -0.3 is 4.57 Å². The van der Waals surface area contributed by atoms with Gasteiger partial charge in [-0.05, 0) is 12.5 Å². The van der Waals surface area contributed by atoms with Crippen LogP contribution in [0, 0.1) is 0 Å². The molecule has 0 saturated heterocycles. The number of hydrogen-bond donors (Lipinski definition) is 0. The molecule has 0 fully saturated rings. The molecule has 0 aliphatic carbocycles. The first-order valence-corrected chi connectivity index (χ1v) is 8.87. The van der Waals surface area contributed by atoms with Gasteiger partial charge in [0.25, 0.3) is 9.05 Å². The highest BCUT2D eigenvalue weighted by Gasteiger charge is 2.17. The minimum Gasteiger partial charge on any atom is -0.346 e. The summed E-state index contributed by atoms with van der Waals surface area (Å²) in [6, 6.07) is 7.47. The number of nitrogens with zero attached hydrogens (tertiary/aromatic N) is 1. The van der Waals surface area contributed by atoms with Gasteiger partial charge in [0.15, 0.2) is 0 Å². The van der Waals surface area contributed by atoms with Crippen LogP contribution in [0.5, 0.6) is 0 Å². The van der Waals surface area contributed by atoms with Crippen LogP contribution in [0.4, 0.5) is 0 Å². The van der Waals surface area contributed by atoms with E-state index in [0.29, 0.717) is 5.39 Å². The standard InChI is InChI=1S/C14H18ClNO2S/c1-2-3-4-7-10-16-11-14(19(15,17)18)12-8-5-6-9-13(12)16/h5-6,8-9,11H,2-4,7,10H2,1H3. The third-order valence-electron chi connectivity index (χ3n) is 3.27. The Morgan fingerprint density at radius 1 is 1.16 bits per heavy atom. The van der Waals surface area contributed by atoms with Crippen LogP contribution < -0.4 is 0 Å². The summed E-state index contributed by atoms with van der Waals surface area (Å²) in [6.45, 7) is 3.00. The second-order valence-electron chi connectivity index (χ2n) is 4.70. The number of fused-ring (bicyclic) bond motifs is 1. The lowest BCUT2D eigenvalue weighted by Crippen LogP contribution is -1.96. The number of benzene rings is 1. The van der Waals surface area contributed by atoms with Gasteiger partial charge in [-0.15, -0.1) is 0 Å². The molecule has 0 bridgehead atoms. The molecule has 19 heavy (non-hydrogen) atoms. The number of unbranched alkanes of at least 4 members (excludes halogenated alkanes) is 3. The van der Waals surface area contributed by atoms with E-state index >= 15 is 0 Å². The third kappa shape index (κ3) is 3.31. The molecule has 2 aromatic rings. The summed E-state index contributed by atoms with van der Waals surface area (Å²) in [5.41, 5.74) is 0.929. The second-order valence-corrected chi connectivity index (χ2v) is 7.24. The first-order chi connectivity index (χ1) is 9.04. The molecule has 0 spiro atoms.